The number of likely N-dealkylation sites (tertiary alicyclic amines) is 1. The lowest BCUT2D eigenvalue weighted by Crippen LogP contribution is -2.29. The van der Waals surface area contributed by atoms with E-state index in [2.05, 4.69) is 34.5 Å². The molecule has 2 amide bonds. The number of rotatable bonds is 7. The molecule has 0 aliphatic carbocycles. The van der Waals surface area contributed by atoms with Gasteiger partial charge in [-0.15, -0.1) is 11.8 Å². The Morgan fingerprint density at radius 2 is 1.53 bits per heavy atom. The van der Waals surface area contributed by atoms with E-state index in [1.54, 1.807) is 0 Å². The number of hydrogen-bond donors (Lipinski definition) is 1. The average Bonchev–Trinajstić information content (AvgIpc) is 3.51. The number of anilines is 1. The minimum Gasteiger partial charge on any atom is -0.372 e. The van der Waals surface area contributed by atoms with Gasteiger partial charge in [-0.1, -0.05) is 24.3 Å². The molecule has 0 radical (unpaired) electrons. The molecule has 6 heteroatoms. The van der Waals surface area contributed by atoms with Gasteiger partial charge in [0, 0.05) is 43.3 Å². The van der Waals surface area contributed by atoms with Crippen molar-refractivity contribution >= 4 is 29.3 Å². The van der Waals surface area contributed by atoms with Crippen molar-refractivity contribution < 1.29 is 9.59 Å². The lowest BCUT2D eigenvalue weighted by Gasteiger charge is -2.18. The molecule has 5 nitrogen and oxygen atoms in total. The molecule has 2 aromatic carbocycles. The number of thioether (sulfide) groups is 1. The van der Waals surface area contributed by atoms with Gasteiger partial charge < -0.3 is 15.1 Å². The van der Waals surface area contributed by atoms with Crippen LogP contribution in [-0.4, -0.2) is 48.6 Å². The second-order valence-electron chi connectivity index (χ2n) is 7.92. The quantitative estimate of drug-likeness (QED) is 0.686. The molecule has 2 aromatic rings. The third-order valence-electron chi connectivity index (χ3n) is 5.80. The summed E-state index contributed by atoms with van der Waals surface area (Å²) in [5.74, 6) is 0.434. The lowest BCUT2D eigenvalue weighted by atomic mass is 10.1. The maximum Gasteiger partial charge on any atom is 0.252 e. The van der Waals surface area contributed by atoms with Crippen LogP contribution in [0.3, 0.4) is 0 Å². The van der Waals surface area contributed by atoms with Crippen molar-refractivity contribution in [2.45, 2.75) is 37.1 Å². The molecule has 0 saturated carbocycles. The smallest absolute Gasteiger partial charge is 0.252 e. The van der Waals surface area contributed by atoms with E-state index in [4.69, 9.17) is 0 Å². The van der Waals surface area contributed by atoms with E-state index in [0.29, 0.717) is 17.9 Å². The molecular formula is C24H29N3O2S. The fourth-order valence-electron chi connectivity index (χ4n) is 4.05. The molecular weight excluding hydrogens is 394 g/mol. The third kappa shape index (κ3) is 5.17. The van der Waals surface area contributed by atoms with Gasteiger partial charge in [-0.25, -0.2) is 0 Å². The first-order chi connectivity index (χ1) is 14.7. The largest absolute Gasteiger partial charge is 0.372 e. The molecule has 2 aliphatic heterocycles. The van der Waals surface area contributed by atoms with Crippen LogP contribution in [0.4, 0.5) is 5.69 Å². The van der Waals surface area contributed by atoms with Crippen molar-refractivity contribution in [1.82, 2.24) is 10.2 Å². The van der Waals surface area contributed by atoms with Crippen molar-refractivity contribution in [1.29, 1.82) is 0 Å². The topological polar surface area (TPSA) is 52.7 Å². The molecule has 0 aromatic heterocycles. The lowest BCUT2D eigenvalue weighted by molar-refractivity contribution is -0.127. The summed E-state index contributed by atoms with van der Waals surface area (Å²) in [6.45, 7) is 4.47. The number of hydrogen-bond acceptors (Lipinski definition) is 4. The van der Waals surface area contributed by atoms with Crippen molar-refractivity contribution in [3.63, 3.8) is 0 Å². The highest BCUT2D eigenvalue weighted by Gasteiger charge is 2.19. The van der Waals surface area contributed by atoms with Gasteiger partial charge in [0.25, 0.3) is 5.91 Å². The van der Waals surface area contributed by atoms with Gasteiger partial charge in [0.1, 0.15) is 0 Å². The number of amides is 2. The Morgan fingerprint density at radius 3 is 2.27 bits per heavy atom. The summed E-state index contributed by atoms with van der Waals surface area (Å²) in [4.78, 5) is 30.3. The molecule has 0 spiro atoms. The van der Waals surface area contributed by atoms with Crippen LogP contribution < -0.4 is 10.2 Å². The first-order valence-electron chi connectivity index (χ1n) is 10.8. The van der Waals surface area contributed by atoms with E-state index in [1.807, 2.05) is 29.2 Å². The molecule has 0 bridgehead atoms. The van der Waals surface area contributed by atoms with Crippen molar-refractivity contribution in [3.8, 4) is 0 Å². The Bertz CT molecular complexity index is 872. The number of nitrogens with zero attached hydrogens (tertiary/aromatic N) is 2. The number of nitrogens with one attached hydrogen (secondary N) is 1. The van der Waals surface area contributed by atoms with Crippen LogP contribution in [0.25, 0.3) is 0 Å². The molecule has 2 heterocycles. The molecule has 30 heavy (non-hydrogen) atoms. The van der Waals surface area contributed by atoms with Crippen molar-refractivity contribution in [2.75, 3.05) is 36.8 Å². The van der Waals surface area contributed by atoms with Crippen LogP contribution in [0.15, 0.2) is 53.4 Å². The molecule has 0 unspecified atom stereocenters. The van der Waals surface area contributed by atoms with Gasteiger partial charge >= 0.3 is 0 Å². The molecule has 2 aliphatic rings. The van der Waals surface area contributed by atoms with Gasteiger partial charge in [0.2, 0.25) is 5.91 Å². The fraction of sp³-hybridized carbons (Fsp3) is 0.417. The van der Waals surface area contributed by atoms with Crippen LogP contribution in [-0.2, 0) is 11.3 Å². The van der Waals surface area contributed by atoms with Gasteiger partial charge in [-0.2, -0.15) is 0 Å². The second-order valence-corrected chi connectivity index (χ2v) is 8.93. The molecule has 2 fully saturated rings. The summed E-state index contributed by atoms with van der Waals surface area (Å²) < 4.78 is 0. The van der Waals surface area contributed by atoms with Crippen LogP contribution >= 0.6 is 11.8 Å². The van der Waals surface area contributed by atoms with Crippen LogP contribution in [0, 0.1) is 0 Å². The molecule has 2 saturated heterocycles. The SMILES string of the molecule is O=C(NCc1ccc(N2CCCC2)cc1)c1ccccc1SCC(=O)N1CCCC1. The molecule has 158 valence electrons. The van der Waals surface area contributed by atoms with Crippen LogP contribution in [0.5, 0.6) is 0 Å². The van der Waals surface area contributed by atoms with Crippen LogP contribution in [0.1, 0.15) is 41.6 Å². The number of carbonyl (C=O) groups is 2. The highest BCUT2D eigenvalue weighted by Crippen LogP contribution is 2.24. The predicted octanol–water partition coefficient (Wildman–Crippen LogP) is 3.93. The van der Waals surface area contributed by atoms with E-state index in [0.717, 1.165) is 49.5 Å². The third-order valence-corrected chi connectivity index (χ3v) is 6.86. The van der Waals surface area contributed by atoms with E-state index in [9.17, 15) is 9.59 Å². The van der Waals surface area contributed by atoms with Gasteiger partial charge in [-0.3, -0.25) is 9.59 Å². The first kappa shape index (κ1) is 20.8. The minimum absolute atomic E-state index is 0.102. The summed E-state index contributed by atoms with van der Waals surface area (Å²) in [6.07, 6.45) is 4.71. The highest BCUT2D eigenvalue weighted by atomic mass is 32.2. The Labute approximate surface area is 182 Å². The summed E-state index contributed by atoms with van der Waals surface area (Å²) in [5, 5.41) is 3.03. The minimum atomic E-state index is -0.102. The van der Waals surface area contributed by atoms with Crippen molar-refractivity contribution in [3.05, 3.63) is 59.7 Å². The standard InChI is InChI=1S/C24H29N3O2S/c28-23(27-15-5-6-16-27)18-30-22-8-2-1-7-21(22)24(29)25-17-19-9-11-20(12-10-19)26-13-3-4-14-26/h1-2,7-12H,3-6,13-18H2,(H,25,29). The summed E-state index contributed by atoms with van der Waals surface area (Å²) in [6, 6.07) is 16.0. The van der Waals surface area contributed by atoms with E-state index >= 15 is 0 Å². The summed E-state index contributed by atoms with van der Waals surface area (Å²) in [7, 11) is 0. The average molecular weight is 424 g/mol. The normalized spacial score (nSPS) is 16.1. The zero-order valence-corrected chi connectivity index (χ0v) is 18.1. The zero-order chi connectivity index (χ0) is 20.8. The van der Waals surface area contributed by atoms with E-state index < -0.39 is 0 Å². The Balaban J connectivity index is 1.32. The second kappa shape index (κ2) is 10.0. The van der Waals surface area contributed by atoms with E-state index in [1.165, 1.54) is 30.3 Å². The van der Waals surface area contributed by atoms with Gasteiger partial charge in [-0.05, 0) is 55.5 Å². The summed E-state index contributed by atoms with van der Waals surface area (Å²) >= 11 is 1.45. The van der Waals surface area contributed by atoms with Crippen molar-refractivity contribution in [2.24, 2.45) is 0 Å². The molecule has 1 N–H and O–H groups in total. The summed E-state index contributed by atoms with van der Waals surface area (Å²) in [5.41, 5.74) is 2.97. The number of benzene rings is 2. The van der Waals surface area contributed by atoms with E-state index in [-0.39, 0.29) is 11.8 Å². The van der Waals surface area contributed by atoms with Gasteiger partial charge in [0.05, 0.1) is 11.3 Å². The van der Waals surface area contributed by atoms with Gasteiger partial charge in [0.15, 0.2) is 0 Å². The number of carbonyl (C=O) groups excluding carboxylic acids is 2. The maximum absolute atomic E-state index is 12.8. The predicted molar refractivity (Wildman–Crippen MR) is 122 cm³/mol. The molecule has 4 rings (SSSR count). The molecule has 0 atom stereocenters. The Hall–Kier alpha value is -2.47. The first-order valence-corrected chi connectivity index (χ1v) is 11.8. The Kier molecular flexibility index (Phi) is 6.95. The fourth-order valence-corrected chi connectivity index (χ4v) is 5.01. The highest BCUT2D eigenvalue weighted by molar-refractivity contribution is 8.00. The zero-order valence-electron chi connectivity index (χ0n) is 17.3. The monoisotopic (exact) mass is 423 g/mol. The van der Waals surface area contributed by atoms with Crippen LogP contribution in [0.2, 0.25) is 0 Å². The maximum atomic E-state index is 12.8. The Morgan fingerprint density at radius 1 is 0.867 bits per heavy atom.